The van der Waals surface area contributed by atoms with Crippen LogP contribution in [0.15, 0.2) is 35.8 Å². The van der Waals surface area contributed by atoms with Crippen molar-refractivity contribution in [2.75, 3.05) is 6.54 Å². The van der Waals surface area contributed by atoms with Crippen LogP contribution >= 0.6 is 11.3 Å². The third-order valence-electron chi connectivity index (χ3n) is 4.54. The fraction of sp³-hybridized carbons (Fsp3) is 0.360. The number of fused-ring (bicyclic) bond motifs is 1. The van der Waals surface area contributed by atoms with E-state index in [2.05, 4.69) is 15.8 Å². The van der Waals surface area contributed by atoms with Crippen molar-refractivity contribution in [2.24, 2.45) is 0 Å². The van der Waals surface area contributed by atoms with Gasteiger partial charge in [-0.15, -0.1) is 11.3 Å². The van der Waals surface area contributed by atoms with Crippen molar-refractivity contribution in [3.8, 4) is 0 Å². The number of ketones is 1. The molecule has 0 aliphatic heterocycles. The summed E-state index contributed by atoms with van der Waals surface area (Å²) in [5.41, 5.74) is 1.50. The molecule has 2 aromatic heterocycles. The molecule has 202 valence electrons. The lowest BCUT2D eigenvalue weighted by atomic mass is 10.1. The molecule has 0 aliphatic rings. The monoisotopic (exact) mass is 543 g/mol. The van der Waals surface area contributed by atoms with Crippen molar-refractivity contribution >= 4 is 52.0 Å². The molecule has 0 aliphatic carbocycles. The first-order valence-corrected chi connectivity index (χ1v) is 12.4. The summed E-state index contributed by atoms with van der Waals surface area (Å²) in [5.74, 6) is -1.70. The van der Waals surface area contributed by atoms with Crippen LogP contribution in [-0.2, 0) is 19.1 Å². The number of carbonyl (C=O) groups is 4. The average Bonchev–Trinajstić information content (AvgIpc) is 3.44. The number of benzene rings is 1. The molecule has 1 aromatic carbocycles. The minimum absolute atomic E-state index is 0.0575. The van der Waals surface area contributed by atoms with Crippen molar-refractivity contribution in [3.63, 3.8) is 0 Å². The van der Waals surface area contributed by atoms with Gasteiger partial charge in [0, 0.05) is 17.0 Å². The Morgan fingerprint density at radius 3 is 2.34 bits per heavy atom. The van der Waals surface area contributed by atoms with Gasteiger partial charge in [0.25, 0.3) is 0 Å². The zero-order chi connectivity index (χ0) is 28.3. The van der Waals surface area contributed by atoms with Crippen LogP contribution in [0.1, 0.15) is 62.6 Å². The number of para-hydroxylation sites is 1. The summed E-state index contributed by atoms with van der Waals surface area (Å²) in [6.45, 7) is 9.80. The second kappa shape index (κ2) is 11.0. The normalized spacial score (nSPS) is 11.5. The Hall–Kier alpha value is -4.26. The molecule has 0 radical (unpaired) electrons. The fourth-order valence-electron chi connectivity index (χ4n) is 3.09. The molecule has 38 heavy (non-hydrogen) atoms. The standard InChI is InChI=1S/C25H29N5O7S/c1-24(2,3)35-22(33)27-11-18(31)37-29-20(26)16-13-38-21(28-16)19(32)15-12-30(23(34)36-25(4,5)6)17-10-8-7-9-14(15)17/h7-10,12-13H,11H2,1-6H3,(H2,26,29)(H,27,33). The second-order valence-electron chi connectivity index (χ2n) is 10.1. The van der Waals surface area contributed by atoms with Gasteiger partial charge in [0.2, 0.25) is 5.78 Å². The maximum Gasteiger partial charge on any atom is 0.419 e. The molecule has 0 unspecified atom stereocenters. The van der Waals surface area contributed by atoms with Gasteiger partial charge in [-0.3, -0.25) is 14.8 Å². The number of hydrogen-bond acceptors (Lipinski definition) is 10. The molecule has 3 rings (SSSR count). The van der Waals surface area contributed by atoms with E-state index in [1.165, 1.54) is 16.1 Å². The van der Waals surface area contributed by atoms with Crippen LogP contribution in [0, 0.1) is 5.41 Å². The number of carbonyl (C=O) groups excluding carboxylic acids is 4. The number of aromatic nitrogens is 2. The summed E-state index contributed by atoms with van der Waals surface area (Å²) in [6.07, 6.45) is -0.00716. The van der Waals surface area contributed by atoms with Crippen LogP contribution < -0.4 is 10.8 Å². The Bertz CT molecular complexity index is 1390. The van der Waals surface area contributed by atoms with Crippen molar-refractivity contribution in [1.82, 2.24) is 20.3 Å². The van der Waals surface area contributed by atoms with Crippen LogP contribution in [-0.4, -0.2) is 57.1 Å². The van der Waals surface area contributed by atoms with Crippen LogP contribution in [0.3, 0.4) is 0 Å². The Kier molecular flexibility index (Phi) is 8.20. The van der Waals surface area contributed by atoms with E-state index < -0.39 is 41.7 Å². The third-order valence-corrected chi connectivity index (χ3v) is 5.39. The Morgan fingerprint density at radius 1 is 1.03 bits per heavy atom. The summed E-state index contributed by atoms with van der Waals surface area (Å²) in [5, 5.41) is 12.4. The van der Waals surface area contributed by atoms with Crippen molar-refractivity contribution in [1.29, 1.82) is 5.41 Å². The molecule has 0 saturated carbocycles. The number of alkyl carbamates (subject to hydrolysis) is 1. The van der Waals surface area contributed by atoms with Crippen LogP contribution in [0.4, 0.5) is 9.59 Å². The van der Waals surface area contributed by atoms with Gasteiger partial charge >= 0.3 is 18.2 Å². The summed E-state index contributed by atoms with van der Waals surface area (Å²) in [7, 11) is 0. The minimum atomic E-state index is -0.873. The van der Waals surface area contributed by atoms with E-state index in [1.54, 1.807) is 65.8 Å². The highest BCUT2D eigenvalue weighted by molar-refractivity contribution is 7.12. The van der Waals surface area contributed by atoms with E-state index in [1.807, 2.05) is 0 Å². The predicted octanol–water partition coefficient (Wildman–Crippen LogP) is 4.01. The van der Waals surface area contributed by atoms with Gasteiger partial charge in [0.1, 0.15) is 23.4 Å². The maximum absolute atomic E-state index is 13.3. The SMILES string of the molecule is CC(C)(C)OC(=O)NCC(=O)ONC(=N)c1csc(C(=O)c2cn(C(=O)OC(C)(C)C)c3ccccc23)n1. The Morgan fingerprint density at radius 2 is 1.68 bits per heavy atom. The Labute approximate surface area is 222 Å². The lowest BCUT2D eigenvalue weighted by molar-refractivity contribution is -0.146. The van der Waals surface area contributed by atoms with E-state index in [4.69, 9.17) is 19.7 Å². The number of hydroxylamine groups is 1. The van der Waals surface area contributed by atoms with E-state index in [0.717, 1.165) is 11.3 Å². The fourth-order valence-corrected chi connectivity index (χ4v) is 3.85. The molecule has 2 heterocycles. The molecule has 0 atom stereocenters. The summed E-state index contributed by atoms with van der Waals surface area (Å²) in [4.78, 5) is 58.4. The molecule has 12 nitrogen and oxygen atoms in total. The molecule has 3 N–H and O–H groups in total. The molecule has 1 amide bonds. The lowest BCUT2D eigenvalue weighted by Gasteiger charge is -2.19. The molecule has 0 saturated heterocycles. The highest BCUT2D eigenvalue weighted by Gasteiger charge is 2.25. The molecule has 3 aromatic rings. The molecular formula is C25H29N5O7S. The highest BCUT2D eigenvalue weighted by Crippen LogP contribution is 2.26. The van der Waals surface area contributed by atoms with E-state index in [9.17, 15) is 19.2 Å². The van der Waals surface area contributed by atoms with Gasteiger partial charge in [0.15, 0.2) is 10.8 Å². The zero-order valence-corrected chi connectivity index (χ0v) is 22.6. The van der Waals surface area contributed by atoms with E-state index >= 15 is 0 Å². The van der Waals surface area contributed by atoms with Gasteiger partial charge in [-0.05, 0) is 47.6 Å². The summed E-state index contributed by atoms with van der Waals surface area (Å²) < 4.78 is 11.7. The zero-order valence-electron chi connectivity index (χ0n) is 21.8. The van der Waals surface area contributed by atoms with Crippen LogP contribution in [0.25, 0.3) is 10.9 Å². The van der Waals surface area contributed by atoms with Crippen molar-refractivity contribution in [3.05, 3.63) is 52.1 Å². The molecule has 13 heteroatoms. The second-order valence-corrected chi connectivity index (χ2v) is 10.9. The number of rotatable bonds is 5. The number of amides is 1. The van der Waals surface area contributed by atoms with Gasteiger partial charge in [0.05, 0.1) is 11.1 Å². The molecule has 0 spiro atoms. The van der Waals surface area contributed by atoms with Gasteiger partial charge in [-0.25, -0.2) is 19.4 Å². The molecule has 0 fully saturated rings. The summed E-state index contributed by atoms with van der Waals surface area (Å²) >= 11 is 0.990. The first-order chi connectivity index (χ1) is 17.6. The lowest BCUT2D eigenvalue weighted by Crippen LogP contribution is -2.38. The number of nitrogens with one attached hydrogen (secondary N) is 3. The van der Waals surface area contributed by atoms with E-state index in [-0.39, 0.29) is 22.1 Å². The van der Waals surface area contributed by atoms with Gasteiger partial charge in [-0.2, -0.15) is 5.48 Å². The topological polar surface area (TPSA) is 162 Å². The Balaban J connectivity index is 1.67. The quantitative estimate of drug-likeness (QED) is 0.142. The molecule has 0 bridgehead atoms. The molecular weight excluding hydrogens is 514 g/mol. The first kappa shape index (κ1) is 28.3. The number of nitrogens with zero attached hydrogens (tertiary/aromatic N) is 2. The third kappa shape index (κ3) is 7.38. The van der Waals surface area contributed by atoms with Gasteiger partial charge < -0.3 is 19.6 Å². The van der Waals surface area contributed by atoms with Crippen molar-refractivity contribution in [2.45, 2.75) is 52.7 Å². The first-order valence-electron chi connectivity index (χ1n) is 11.5. The van der Waals surface area contributed by atoms with Crippen LogP contribution in [0.2, 0.25) is 0 Å². The van der Waals surface area contributed by atoms with E-state index in [0.29, 0.717) is 10.9 Å². The maximum atomic E-state index is 13.3. The predicted molar refractivity (Wildman–Crippen MR) is 139 cm³/mol. The number of thiazole rings is 1. The number of hydrogen-bond donors (Lipinski definition) is 3. The van der Waals surface area contributed by atoms with Gasteiger partial charge in [-0.1, -0.05) is 18.2 Å². The van der Waals surface area contributed by atoms with Crippen molar-refractivity contribution < 1.29 is 33.5 Å². The average molecular weight is 544 g/mol. The highest BCUT2D eigenvalue weighted by atomic mass is 32.1. The number of ether oxygens (including phenoxy) is 2. The summed E-state index contributed by atoms with van der Waals surface area (Å²) in [6, 6.07) is 6.91. The smallest absolute Gasteiger partial charge is 0.419 e. The largest absolute Gasteiger partial charge is 0.444 e. The number of amidine groups is 1. The minimum Gasteiger partial charge on any atom is -0.444 e. The van der Waals surface area contributed by atoms with Crippen LogP contribution in [0.5, 0.6) is 0 Å².